The predicted octanol–water partition coefficient (Wildman–Crippen LogP) is 2.84. The van der Waals surface area contributed by atoms with Crippen molar-refractivity contribution in [2.75, 3.05) is 0 Å². The summed E-state index contributed by atoms with van der Waals surface area (Å²) in [6.45, 7) is 6.20. The van der Waals surface area contributed by atoms with Gasteiger partial charge in [0.1, 0.15) is 0 Å². The molecular formula is C14H16N2OS. The van der Waals surface area contributed by atoms with E-state index in [1.54, 1.807) is 16.4 Å². The Morgan fingerprint density at radius 1 is 1.17 bits per heavy atom. The highest BCUT2D eigenvalue weighted by Gasteiger charge is 2.21. The largest absolute Gasteiger partial charge is 0.294 e. The Bertz CT molecular complexity index is 659. The van der Waals surface area contributed by atoms with E-state index in [9.17, 15) is 4.79 Å². The van der Waals surface area contributed by atoms with Gasteiger partial charge in [-0.05, 0) is 31.9 Å². The zero-order chi connectivity index (χ0) is 12.9. The normalized spacial score (nSPS) is 13.9. The summed E-state index contributed by atoms with van der Waals surface area (Å²) in [6, 6.07) is 4.24. The molecule has 4 heteroatoms. The summed E-state index contributed by atoms with van der Waals surface area (Å²) in [5.41, 5.74) is 6.67. The molecule has 1 aliphatic heterocycles. The molecule has 0 bridgehead atoms. The third-order valence-corrected chi connectivity index (χ3v) is 4.41. The van der Waals surface area contributed by atoms with Crippen LogP contribution in [0.3, 0.4) is 0 Å². The Balaban J connectivity index is 2.26. The summed E-state index contributed by atoms with van der Waals surface area (Å²) in [5, 5.41) is 3.26. The number of hydrogen-bond donors (Lipinski definition) is 1. The molecule has 0 unspecified atom stereocenters. The highest BCUT2D eigenvalue weighted by molar-refractivity contribution is 7.98. The molecular weight excluding hydrogens is 244 g/mol. The molecule has 0 fully saturated rings. The zero-order valence-corrected chi connectivity index (χ0v) is 11.6. The number of fused-ring (bicyclic) bond motifs is 1. The van der Waals surface area contributed by atoms with Crippen LogP contribution in [-0.4, -0.2) is 9.78 Å². The van der Waals surface area contributed by atoms with Crippen LogP contribution in [0.2, 0.25) is 0 Å². The lowest BCUT2D eigenvalue weighted by molar-refractivity contribution is 0.818. The van der Waals surface area contributed by atoms with Crippen LogP contribution in [0.15, 0.2) is 16.9 Å². The number of aromatic nitrogens is 2. The van der Waals surface area contributed by atoms with Crippen LogP contribution in [0.1, 0.15) is 27.9 Å². The van der Waals surface area contributed by atoms with Gasteiger partial charge in [0.05, 0.1) is 16.9 Å². The first-order valence-electron chi connectivity index (χ1n) is 6.06. The third-order valence-electron chi connectivity index (χ3n) is 3.42. The van der Waals surface area contributed by atoms with Crippen molar-refractivity contribution in [1.82, 2.24) is 9.78 Å². The van der Waals surface area contributed by atoms with Gasteiger partial charge in [-0.15, -0.1) is 0 Å². The van der Waals surface area contributed by atoms with Gasteiger partial charge in [0.15, 0.2) is 0 Å². The second kappa shape index (κ2) is 4.05. The van der Waals surface area contributed by atoms with Crippen LogP contribution in [0.4, 0.5) is 0 Å². The maximum absolute atomic E-state index is 12.4. The summed E-state index contributed by atoms with van der Waals surface area (Å²) in [7, 11) is 0. The molecule has 18 heavy (non-hydrogen) atoms. The zero-order valence-electron chi connectivity index (χ0n) is 10.8. The summed E-state index contributed by atoms with van der Waals surface area (Å²) in [6.07, 6.45) is 0. The molecule has 2 heterocycles. The predicted molar refractivity (Wildman–Crippen MR) is 75.6 cm³/mol. The fourth-order valence-corrected chi connectivity index (χ4v) is 3.77. The highest BCUT2D eigenvalue weighted by atomic mass is 32.2. The van der Waals surface area contributed by atoms with Crippen LogP contribution in [0, 0.1) is 20.8 Å². The number of nitrogens with zero attached hydrogens (tertiary/aromatic N) is 1. The highest BCUT2D eigenvalue weighted by Crippen LogP contribution is 2.27. The first kappa shape index (κ1) is 11.7. The number of aromatic amines is 1. The van der Waals surface area contributed by atoms with E-state index in [4.69, 9.17) is 0 Å². The second-order valence-corrected chi connectivity index (χ2v) is 5.94. The minimum Gasteiger partial charge on any atom is -0.294 e. The second-order valence-electron chi connectivity index (χ2n) is 4.95. The lowest BCUT2D eigenvalue weighted by Crippen LogP contribution is -2.19. The Morgan fingerprint density at radius 3 is 2.44 bits per heavy atom. The van der Waals surface area contributed by atoms with Crippen LogP contribution < -0.4 is 5.56 Å². The van der Waals surface area contributed by atoms with E-state index in [1.807, 2.05) is 0 Å². The summed E-state index contributed by atoms with van der Waals surface area (Å²) >= 11 is 1.79. The number of benzene rings is 1. The number of hydrogen-bond acceptors (Lipinski definition) is 2. The molecule has 1 N–H and O–H groups in total. The number of thioether (sulfide) groups is 1. The summed E-state index contributed by atoms with van der Waals surface area (Å²) in [4.78, 5) is 12.4. The molecule has 0 spiro atoms. The molecule has 3 rings (SSSR count). The van der Waals surface area contributed by atoms with Crippen molar-refractivity contribution in [3.63, 3.8) is 0 Å². The van der Waals surface area contributed by atoms with Crippen LogP contribution in [0.5, 0.6) is 0 Å². The quantitative estimate of drug-likeness (QED) is 0.856. The first-order chi connectivity index (χ1) is 8.58. The van der Waals surface area contributed by atoms with Crippen molar-refractivity contribution in [2.24, 2.45) is 0 Å². The van der Waals surface area contributed by atoms with E-state index in [-0.39, 0.29) is 5.56 Å². The number of aryl methyl sites for hydroxylation is 3. The molecule has 2 aromatic rings. The minimum atomic E-state index is 0.116. The fraction of sp³-hybridized carbons (Fsp3) is 0.357. The molecule has 94 valence electrons. The Hall–Kier alpha value is -1.42. The average Bonchev–Trinajstić information content (AvgIpc) is 2.82. The van der Waals surface area contributed by atoms with Crippen molar-refractivity contribution in [3.05, 3.63) is 50.4 Å². The minimum absolute atomic E-state index is 0.116. The van der Waals surface area contributed by atoms with Gasteiger partial charge >= 0.3 is 0 Å². The molecule has 0 amide bonds. The van der Waals surface area contributed by atoms with E-state index in [1.165, 1.54) is 5.56 Å². The molecule has 1 aliphatic rings. The van der Waals surface area contributed by atoms with Gasteiger partial charge < -0.3 is 0 Å². The van der Waals surface area contributed by atoms with Gasteiger partial charge in [0.2, 0.25) is 0 Å². The van der Waals surface area contributed by atoms with Crippen LogP contribution in [-0.2, 0) is 11.5 Å². The van der Waals surface area contributed by atoms with E-state index >= 15 is 0 Å². The Kier molecular flexibility index (Phi) is 2.63. The standard InChI is InChI=1S/C14H16N2OS/c1-8-4-9(2)13(10(3)5-8)16-14(17)11-6-18-7-12(11)15-16/h4-5,15H,6-7H2,1-3H3. The number of nitrogens with one attached hydrogen (secondary N) is 1. The molecule has 0 aliphatic carbocycles. The van der Waals surface area contributed by atoms with E-state index in [0.29, 0.717) is 0 Å². The van der Waals surface area contributed by atoms with Crippen LogP contribution >= 0.6 is 11.8 Å². The molecule has 0 atom stereocenters. The fourth-order valence-electron chi connectivity index (χ4n) is 2.72. The maximum atomic E-state index is 12.4. The topological polar surface area (TPSA) is 37.8 Å². The lowest BCUT2D eigenvalue weighted by atomic mass is 10.1. The summed E-state index contributed by atoms with van der Waals surface area (Å²) in [5.74, 6) is 1.75. The van der Waals surface area contributed by atoms with Gasteiger partial charge in [-0.3, -0.25) is 9.89 Å². The maximum Gasteiger partial charge on any atom is 0.275 e. The number of H-pyrrole nitrogens is 1. The third kappa shape index (κ3) is 1.63. The Labute approximate surface area is 110 Å². The van der Waals surface area contributed by atoms with Crippen molar-refractivity contribution in [1.29, 1.82) is 0 Å². The molecule has 3 nitrogen and oxygen atoms in total. The molecule has 0 radical (unpaired) electrons. The van der Waals surface area contributed by atoms with Crippen molar-refractivity contribution in [3.8, 4) is 5.69 Å². The number of rotatable bonds is 1. The monoisotopic (exact) mass is 260 g/mol. The molecule has 1 aromatic heterocycles. The first-order valence-corrected chi connectivity index (χ1v) is 7.22. The molecule has 0 saturated carbocycles. The van der Waals surface area contributed by atoms with Gasteiger partial charge in [-0.1, -0.05) is 17.7 Å². The van der Waals surface area contributed by atoms with Gasteiger partial charge in [0, 0.05) is 11.5 Å². The van der Waals surface area contributed by atoms with E-state index in [0.717, 1.165) is 39.6 Å². The van der Waals surface area contributed by atoms with Crippen molar-refractivity contribution in [2.45, 2.75) is 32.3 Å². The lowest BCUT2D eigenvalue weighted by Gasteiger charge is -2.11. The Morgan fingerprint density at radius 2 is 1.83 bits per heavy atom. The molecule has 1 aromatic carbocycles. The van der Waals surface area contributed by atoms with Crippen LogP contribution in [0.25, 0.3) is 5.69 Å². The summed E-state index contributed by atoms with van der Waals surface area (Å²) < 4.78 is 1.72. The van der Waals surface area contributed by atoms with Crippen molar-refractivity contribution >= 4 is 11.8 Å². The van der Waals surface area contributed by atoms with Gasteiger partial charge in [0.25, 0.3) is 5.56 Å². The average molecular weight is 260 g/mol. The van der Waals surface area contributed by atoms with Gasteiger partial charge in [-0.25, -0.2) is 4.68 Å². The molecule has 0 saturated heterocycles. The SMILES string of the molecule is Cc1cc(C)c(-n2[nH]c3c(c2=O)CSC3)c(C)c1. The van der Waals surface area contributed by atoms with E-state index < -0.39 is 0 Å². The van der Waals surface area contributed by atoms with Gasteiger partial charge in [-0.2, -0.15) is 11.8 Å². The van der Waals surface area contributed by atoms with Crippen molar-refractivity contribution < 1.29 is 0 Å². The smallest absolute Gasteiger partial charge is 0.275 e. The van der Waals surface area contributed by atoms with E-state index in [2.05, 4.69) is 38.0 Å².